The van der Waals surface area contributed by atoms with Gasteiger partial charge in [-0.1, -0.05) is 29.8 Å². The fraction of sp³-hybridized carbons (Fsp3) is 0.538. The van der Waals surface area contributed by atoms with E-state index in [0.29, 0.717) is 0 Å². The Morgan fingerprint density at radius 2 is 1.89 bits per heavy atom. The van der Waals surface area contributed by atoms with Crippen molar-refractivity contribution < 1.29 is 13.5 Å². The Labute approximate surface area is 108 Å². The van der Waals surface area contributed by atoms with Gasteiger partial charge in [0.05, 0.1) is 11.9 Å². The lowest BCUT2D eigenvalue weighted by atomic mass is 9.99. The van der Waals surface area contributed by atoms with Crippen LogP contribution in [0.25, 0.3) is 0 Å². The highest BCUT2D eigenvalue weighted by Crippen LogP contribution is 2.61. The van der Waals surface area contributed by atoms with Gasteiger partial charge in [0.2, 0.25) is 0 Å². The molecule has 0 bridgehead atoms. The van der Waals surface area contributed by atoms with Crippen LogP contribution >= 0.6 is 0 Å². The third kappa shape index (κ3) is 1.96. The maximum Gasteiger partial charge on any atom is 0.151 e. The van der Waals surface area contributed by atoms with Crippen molar-refractivity contribution in [2.24, 2.45) is 11.1 Å². The van der Waals surface area contributed by atoms with E-state index >= 15 is 0 Å². The molecule has 0 heterocycles. The Morgan fingerprint density at radius 1 is 1.33 bits per heavy atom. The van der Waals surface area contributed by atoms with E-state index in [-0.39, 0.29) is 19.1 Å². The molecular formula is C13H19NO3S. The summed E-state index contributed by atoms with van der Waals surface area (Å²) in [4.78, 5) is 0. The van der Waals surface area contributed by atoms with Crippen molar-refractivity contribution >= 4 is 9.84 Å². The highest BCUT2D eigenvalue weighted by molar-refractivity contribution is 7.91. The van der Waals surface area contributed by atoms with Crippen molar-refractivity contribution in [1.82, 2.24) is 0 Å². The second kappa shape index (κ2) is 4.33. The number of aliphatic hydroxyl groups excluding tert-OH is 1. The van der Waals surface area contributed by atoms with Crippen LogP contribution in [0.1, 0.15) is 17.0 Å². The van der Waals surface area contributed by atoms with Crippen LogP contribution in [-0.4, -0.2) is 38.2 Å². The van der Waals surface area contributed by atoms with Gasteiger partial charge in [0.15, 0.2) is 9.84 Å². The van der Waals surface area contributed by atoms with Crippen LogP contribution in [-0.2, 0) is 9.84 Å². The zero-order chi connectivity index (χ0) is 13.6. The number of hydrogen-bond acceptors (Lipinski definition) is 4. The molecule has 3 N–H and O–H groups in total. The van der Waals surface area contributed by atoms with E-state index in [2.05, 4.69) is 0 Å². The molecule has 0 aromatic heterocycles. The molecule has 0 unspecified atom stereocenters. The van der Waals surface area contributed by atoms with Gasteiger partial charge in [0.1, 0.15) is 0 Å². The van der Waals surface area contributed by atoms with Crippen molar-refractivity contribution in [3.05, 3.63) is 35.4 Å². The van der Waals surface area contributed by atoms with Crippen LogP contribution in [0.4, 0.5) is 0 Å². The molecular weight excluding hydrogens is 250 g/mol. The third-order valence-corrected chi connectivity index (χ3v) is 5.62. The lowest BCUT2D eigenvalue weighted by Gasteiger charge is -2.11. The highest BCUT2D eigenvalue weighted by Gasteiger charge is 2.68. The number of hydrogen-bond donors (Lipinski definition) is 2. The smallest absolute Gasteiger partial charge is 0.151 e. The van der Waals surface area contributed by atoms with E-state index in [9.17, 15) is 13.5 Å². The quantitative estimate of drug-likeness (QED) is 0.831. The second-order valence-corrected chi connectivity index (χ2v) is 7.40. The number of aliphatic hydroxyl groups is 1. The minimum absolute atomic E-state index is 0.180. The highest BCUT2D eigenvalue weighted by atomic mass is 32.2. The topological polar surface area (TPSA) is 80.4 Å². The molecule has 1 saturated carbocycles. The molecule has 1 aromatic carbocycles. The molecule has 1 fully saturated rings. The molecule has 2 rings (SSSR count). The first-order valence-corrected chi connectivity index (χ1v) is 7.88. The normalized spacial score (nSPS) is 31.3. The lowest BCUT2D eigenvalue weighted by molar-refractivity contribution is 0.212. The molecule has 18 heavy (non-hydrogen) atoms. The van der Waals surface area contributed by atoms with Gasteiger partial charge in [-0.15, -0.1) is 0 Å². The van der Waals surface area contributed by atoms with Crippen LogP contribution in [0, 0.1) is 12.3 Å². The van der Waals surface area contributed by atoms with E-state index in [1.807, 2.05) is 31.2 Å². The largest absolute Gasteiger partial charge is 0.396 e. The summed E-state index contributed by atoms with van der Waals surface area (Å²) in [6.45, 7) is 1.96. The summed E-state index contributed by atoms with van der Waals surface area (Å²) in [6.07, 6.45) is 1.21. The first-order chi connectivity index (χ1) is 8.36. The van der Waals surface area contributed by atoms with Crippen LogP contribution in [0.15, 0.2) is 24.3 Å². The Morgan fingerprint density at radius 3 is 2.22 bits per heavy atom. The molecule has 1 aliphatic carbocycles. The minimum Gasteiger partial charge on any atom is -0.396 e. The van der Waals surface area contributed by atoms with Gasteiger partial charge in [-0.2, -0.15) is 0 Å². The second-order valence-electron chi connectivity index (χ2n) is 5.23. The third-order valence-electron chi connectivity index (χ3n) is 3.95. The van der Waals surface area contributed by atoms with Gasteiger partial charge in [0, 0.05) is 24.1 Å². The molecule has 0 amide bonds. The molecule has 0 spiro atoms. The van der Waals surface area contributed by atoms with Gasteiger partial charge >= 0.3 is 0 Å². The van der Waals surface area contributed by atoms with E-state index in [1.54, 1.807) is 0 Å². The number of rotatable bonds is 4. The zero-order valence-corrected chi connectivity index (χ0v) is 11.4. The van der Waals surface area contributed by atoms with Crippen LogP contribution in [0.2, 0.25) is 0 Å². The van der Waals surface area contributed by atoms with Crippen LogP contribution < -0.4 is 5.73 Å². The maximum atomic E-state index is 11.8. The monoisotopic (exact) mass is 269 g/mol. The number of sulfone groups is 1. The zero-order valence-electron chi connectivity index (χ0n) is 10.6. The van der Waals surface area contributed by atoms with Crippen molar-refractivity contribution in [3.8, 4) is 0 Å². The standard InChI is InChI=1S/C13H19NO3S/c1-9-3-5-10(6-4-9)11-12(18(2,16)17)13(11,7-14)8-15/h3-6,11-12,15H,7-8,14H2,1-2H3/t11-,12-,13-/m1/s1. The Balaban J connectivity index is 2.41. The summed E-state index contributed by atoms with van der Waals surface area (Å²) in [5, 5.41) is 8.97. The van der Waals surface area contributed by atoms with Gasteiger partial charge in [-0.25, -0.2) is 8.42 Å². The van der Waals surface area contributed by atoms with E-state index in [1.165, 1.54) is 6.26 Å². The molecule has 1 aromatic rings. The molecule has 4 nitrogen and oxygen atoms in total. The number of aryl methyl sites for hydroxylation is 1. The fourth-order valence-electron chi connectivity index (χ4n) is 2.90. The molecule has 3 atom stereocenters. The summed E-state index contributed by atoms with van der Waals surface area (Å²) in [6, 6.07) is 7.74. The number of nitrogens with two attached hydrogens (primary N) is 1. The average molecular weight is 269 g/mol. The lowest BCUT2D eigenvalue weighted by Crippen LogP contribution is -2.27. The predicted octanol–water partition coefficient (Wildman–Crippen LogP) is 0.443. The van der Waals surface area contributed by atoms with Crippen LogP contribution in [0.5, 0.6) is 0 Å². The summed E-state index contributed by atoms with van der Waals surface area (Å²) in [5.74, 6) is -0.192. The van der Waals surface area contributed by atoms with E-state index in [4.69, 9.17) is 5.73 Å². The average Bonchev–Trinajstić information content (AvgIpc) is 3.00. The first kappa shape index (κ1) is 13.5. The molecule has 0 aliphatic heterocycles. The Bertz CT molecular complexity index is 532. The van der Waals surface area contributed by atoms with Crippen molar-refractivity contribution in [2.75, 3.05) is 19.4 Å². The van der Waals surface area contributed by atoms with Crippen molar-refractivity contribution in [2.45, 2.75) is 18.1 Å². The van der Waals surface area contributed by atoms with Gasteiger partial charge in [-0.3, -0.25) is 0 Å². The summed E-state index contributed by atoms with van der Waals surface area (Å²) in [5.41, 5.74) is 7.06. The molecule has 1 aliphatic rings. The molecule has 100 valence electrons. The van der Waals surface area contributed by atoms with E-state index in [0.717, 1.165) is 11.1 Å². The molecule has 0 saturated heterocycles. The van der Waals surface area contributed by atoms with E-state index < -0.39 is 20.5 Å². The van der Waals surface area contributed by atoms with Gasteiger partial charge in [0.25, 0.3) is 0 Å². The van der Waals surface area contributed by atoms with Gasteiger partial charge < -0.3 is 10.8 Å². The van der Waals surface area contributed by atoms with Crippen LogP contribution in [0.3, 0.4) is 0 Å². The summed E-state index contributed by atoms with van der Waals surface area (Å²) in [7, 11) is -3.21. The minimum atomic E-state index is -3.21. The fourth-order valence-corrected chi connectivity index (χ4v) is 4.92. The summed E-state index contributed by atoms with van der Waals surface area (Å²) >= 11 is 0. The molecule has 5 heteroatoms. The maximum absolute atomic E-state index is 11.8. The van der Waals surface area contributed by atoms with Crippen molar-refractivity contribution in [3.63, 3.8) is 0 Å². The number of benzene rings is 1. The molecule has 0 radical (unpaired) electrons. The van der Waals surface area contributed by atoms with Crippen molar-refractivity contribution in [1.29, 1.82) is 0 Å². The predicted molar refractivity (Wildman–Crippen MR) is 71.1 cm³/mol. The summed E-state index contributed by atoms with van der Waals surface area (Å²) < 4.78 is 23.6. The SMILES string of the molecule is Cc1ccc([C@@H]2[C@@H](S(C)(=O)=O)[C@]2(CN)CO)cc1. The Kier molecular flexibility index (Phi) is 3.25. The first-order valence-electron chi connectivity index (χ1n) is 5.93. The van der Waals surface area contributed by atoms with Gasteiger partial charge in [-0.05, 0) is 12.5 Å². The Hall–Kier alpha value is -0.910.